The van der Waals surface area contributed by atoms with E-state index < -0.39 is 0 Å². The van der Waals surface area contributed by atoms with Gasteiger partial charge in [0.05, 0.1) is 0 Å². The molecule has 0 radical (unpaired) electrons. The lowest BCUT2D eigenvalue weighted by Crippen LogP contribution is -1.97. The summed E-state index contributed by atoms with van der Waals surface area (Å²) >= 11 is 0. The zero-order chi connectivity index (χ0) is 13.0. The van der Waals surface area contributed by atoms with Gasteiger partial charge in [-0.3, -0.25) is 4.79 Å². The van der Waals surface area contributed by atoms with Gasteiger partial charge in [-0.25, -0.2) is 0 Å². The molecule has 3 heteroatoms. The zero-order valence-corrected chi connectivity index (χ0v) is 10.2. The number of rotatable bonds is 5. The van der Waals surface area contributed by atoms with Crippen LogP contribution in [0.25, 0.3) is 11.3 Å². The lowest BCUT2D eigenvalue weighted by Gasteiger charge is -2.06. The molecule has 1 aromatic carbocycles. The molecule has 1 heterocycles. The molecule has 0 spiro atoms. The fourth-order valence-corrected chi connectivity index (χ4v) is 1.52. The topological polar surface area (TPSA) is 39.4 Å². The molecule has 0 bridgehead atoms. The molecule has 1 aromatic heterocycles. The minimum atomic E-state index is 0.318. The molecule has 92 valence electrons. The van der Waals surface area contributed by atoms with Crippen LogP contribution in [0.2, 0.25) is 0 Å². The van der Waals surface area contributed by atoms with E-state index >= 15 is 0 Å². The maximum Gasteiger partial charge on any atom is 0.185 e. The number of benzene rings is 1. The highest BCUT2D eigenvalue weighted by Crippen LogP contribution is 2.25. The van der Waals surface area contributed by atoms with Crippen molar-refractivity contribution < 1.29 is 13.9 Å². The van der Waals surface area contributed by atoms with Gasteiger partial charge in [0.2, 0.25) is 0 Å². The van der Waals surface area contributed by atoms with Gasteiger partial charge in [-0.1, -0.05) is 18.7 Å². The largest absolute Gasteiger partial charge is 0.489 e. The average molecular weight is 242 g/mol. The van der Waals surface area contributed by atoms with E-state index in [1.54, 1.807) is 12.1 Å². The van der Waals surface area contributed by atoms with Crippen LogP contribution in [0.1, 0.15) is 17.5 Å². The van der Waals surface area contributed by atoms with Gasteiger partial charge >= 0.3 is 0 Å². The highest BCUT2D eigenvalue weighted by atomic mass is 16.5. The lowest BCUT2D eigenvalue weighted by molar-refractivity contribution is 0.110. The number of furan rings is 1. The Kier molecular flexibility index (Phi) is 3.63. The Balaban J connectivity index is 2.20. The minimum Gasteiger partial charge on any atom is -0.489 e. The average Bonchev–Trinajstić information content (AvgIpc) is 2.85. The first kappa shape index (κ1) is 12.2. The summed E-state index contributed by atoms with van der Waals surface area (Å²) in [4.78, 5) is 10.6. The van der Waals surface area contributed by atoms with E-state index in [4.69, 9.17) is 9.15 Å². The summed E-state index contributed by atoms with van der Waals surface area (Å²) in [6.07, 6.45) is 0.685. The maximum atomic E-state index is 10.6. The lowest BCUT2D eigenvalue weighted by atomic mass is 10.1. The van der Waals surface area contributed by atoms with Crippen LogP contribution in [0.4, 0.5) is 0 Å². The Hall–Kier alpha value is -2.29. The van der Waals surface area contributed by atoms with Crippen molar-refractivity contribution in [3.63, 3.8) is 0 Å². The van der Waals surface area contributed by atoms with E-state index in [9.17, 15) is 4.79 Å². The van der Waals surface area contributed by atoms with Gasteiger partial charge in [0, 0.05) is 5.56 Å². The van der Waals surface area contributed by atoms with E-state index in [1.807, 2.05) is 31.2 Å². The Morgan fingerprint density at radius 1 is 1.39 bits per heavy atom. The third-order valence-electron chi connectivity index (χ3n) is 2.35. The molecule has 18 heavy (non-hydrogen) atoms. The molecule has 3 nitrogen and oxygen atoms in total. The van der Waals surface area contributed by atoms with Gasteiger partial charge in [0.25, 0.3) is 0 Å². The summed E-state index contributed by atoms with van der Waals surface area (Å²) in [5.74, 6) is 1.72. The molecular formula is C15H14O3. The molecule has 0 fully saturated rings. The maximum absolute atomic E-state index is 10.6. The zero-order valence-electron chi connectivity index (χ0n) is 10.2. The van der Waals surface area contributed by atoms with Crippen molar-refractivity contribution in [1.82, 2.24) is 0 Å². The van der Waals surface area contributed by atoms with Crippen LogP contribution in [-0.2, 0) is 0 Å². The van der Waals surface area contributed by atoms with Gasteiger partial charge in [0.15, 0.2) is 12.0 Å². The van der Waals surface area contributed by atoms with Crippen LogP contribution in [0.5, 0.6) is 5.75 Å². The predicted octanol–water partition coefficient (Wildman–Crippen LogP) is 3.71. The third kappa shape index (κ3) is 2.88. The molecule has 2 aromatic rings. The van der Waals surface area contributed by atoms with Crippen molar-refractivity contribution in [3.8, 4) is 17.1 Å². The van der Waals surface area contributed by atoms with E-state index in [-0.39, 0.29) is 0 Å². The molecule has 0 amide bonds. The summed E-state index contributed by atoms with van der Waals surface area (Å²) < 4.78 is 10.9. The number of ether oxygens (including phenoxy) is 1. The summed E-state index contributed by atoms with van der Waals surface area (Å²) in [5.41, 5.74) is 1.84. The predicted molar refractivity (Wildman–Crippen MR) is 69.8 cm³/mol. The molecule has 0 saturated carbocycles. The summed E-state index contributed by atoms with van der Waals surface area (Å²) in [6, 6.07) is 10.9. The molecule has 0 unspecified atom stereocenters. The Labute approximate surface area is 106 Å². The molecule has 0 saturated heterocycles. The fraction of sp³-hybridized carbons (Fsp3) is 0.133. The minimum absolute atomic E-state index is 0.318. The Bertz CT molecular complexity index is 567. The van der Waals surface area contributed by atoms with E-state index in [1.165, 1.54) is 0 Å². The Morgan fingerprint density at radius 2 is 2.22 bits per heavy atom. The second-order valence-electron chi connectivity index (χ2n) is 4.09. The number of hydrogen-bond acceptors (Lipinski definition) is 3. The number of carbonyl (C=O) groups excluding carboxylic acids is 1. The Morgan fingerprint density at radius 3 is 2.89 bits per heavy atom. The van der Waals surface area contributed by atoms with Crippen molar-refractivity contribution in [1.29, 1.82) is 0 Å². The molecule has 0 atom stereocenters. The fourth-order valence-electron chi connectivity index (χ4n) is 1.52. The first-order chi connectivity index (χ1) is 8.69. The van der Waals surface area contributed by atoms with Crippen molar-refractivity contribution >= 4 is 6.29 Å². The number of carbonyl (C=O) groups is 1. The quantitative estimate of drug-likeness (QED) is 0.592. The first-order valence-electron chi connectivity index (χ1n) is 5.61. The number of aldehydes is 1. The molecule has 0 N–H and O–H groups in total. The van der Waals surface area contributed by atoms with E-state index in [0.717, 1.165) is 16.9 Å². The normalized spacial score (nSPS) is 10.1. The van der Waals surface area contributed by atoms with Gasteiger partial charge < -0.3 is 9.15 Å². The highest BCUT2D eigenvalue weighted by Gasteiger charge is 2.05. The van der Waals surface area contributed by atoms with Crippen molar-refractivity contribution in [2.75, 3.05) is 6.61 Å². The second-order valence-corrected chi connectivity index (χ2v) is 4.09. The first-order valence-corrected chi connectivity index (χ1v) is 5.61. The van der Waals surface area contributed by atoms with Crippen molar-refractivity contribution in [2.45, 2.75) is 6.92 Å². The van der Waals surface area contributed by atoms with Gasteiger partial charge in [-0.15, -0.1) is 0 Å². The van der Waals surface area contributed by atoms with Crippen LogP contribution >= 0.6 is 0 Å². The van der Waals surface area contributed by atoms with Gasteiger partial charge in [0.1, 0.15) is 18.1 Å². The van der Waals surface area contributed by atoms with Crippen molar-refractivity contribution in [2.24, 2.45) is 0 Å². The highest BCUT2D eigenvalue weighted by molar-refractivity contribution is 5.73. The summed E-state index contributed by atoms with van der Waals surface area (Å²) in [7, 11) is 0. The SMILES string of the molecule is C=C(C)COc1cccc(-c2ccc(C=O)o2)c1. The van der Waals surface area contributed by atoms with Crippen LogP contribution in [0, 0.1) is 0 Å². The molecule has 0 aliphatic rings. The molecule has 2 rings (SSSR count). The molecular weight excluding hydrogens is 228 g/mol. The summed E-state index contributed by atoms with van der Waals surface area (Å²) in [6.45, 7) is 6.18. The smallest absolute Gasteiger partial charge is 0.185 e. The van der Waals surface area contributed by atoms with Crippen LogP contribution in [0.15, 0.2) is 53.0 Å². The third-order valence-corrected chi connectivity index (χ3v) is 2.35. The second kappa shape index (κ2) is 5.36. The van der Waals surface area contributed by atoms with Crippen LogP contribution in [-0.4, -0.2) is 12.9 Å². The van der Waals surface area contributed by atoms with Gasteiger partial charge in [-0.05, 0) is 36.8 Å². The van der Waals surface area contributed by atoms with E-state index in [0.29, 0.717) is 24.4 Å². The summed E-state index contributed by atoms with van der Waals surface area (Å²) in [5, 5.41) is 0. The molecule has 0 aliphatic carbocycles. The van der Waals surface area contributed by atoms with Crippen LogP contribution in [0.3, 0.4) is 0 Å². The molecule has 0 aliphatic heterocycles. The van der Waals surface area contributed by atoms with E-state index in [2.05, 4.69) is 6.58 Å². The number of hydrogen-bond donors (Lipinski definition) is 0. The van der Waals surface area contributed by atoms with Gasteiger partial charge in [-0.2, -0.15) is 0 Å². The van der Waals surface area contributed by atoms with Crippen molar-refractivity contribution in [3.05, 3.63) is 54.3 Å². The standard InChI is InChI=1S/C15H14O3/c1-11(2)10-17-13-5-3-4-12(8-13)15-7-6-14(9-16)18-15/h3-9H,1,10H2,2H3. The van der Waals surface area contributed by atoms with Crippen LogP contribution < -0.4 is 4.74 Å². The monoisotopic (exact) mass is 242 g/mol.